The molecule has 0 bridgehead atoms. The van der Waals surface area contributed by atoms with E-state index in [1.165, 1.54) is 11.1 Å². The first-order valence-electron chi connectivity index (χ1n) is 5.47. The highest BCUT2D eigenvalue weighted by Crippen LogP contribution is 2.41. The van der Waals surface area contributed by atoms with Gasteiger partial charge in [-0.15, -0.1) is 0 Å². The molecule has 0 radical (unpaired) electrons. The zero-order valence-corrected chi connectivity index (χ0v) is 12.5. The van der Waals surface area contributed by atoms with E-state index >= 15 is 0 Å². The van der Waals surface area contributed by atoms with E-state index in [1.807, 2.05) is 0 Å². The normalized spacial score (nSPS) is 10.7. The Kier molecular flexibility index (Phi) is 4.10. The van der Waals surface area contributed by atoms with Crippen LogP contribution in [-0.4, -0.2) is 0 Å². The summed E-state index contributed by atoms with van der Waals surface area (Å²) in [6, 6.07) is 9.74. The lowest BCUT2D eigenvalue weighted by Gasteiger charge is -2.10. The highest BCUT2D eigenvalue weighted by atomic mass is 35.5. The maximum Gasteiger partial charge on any atom is 0.0581 e. The van der Waals surface area contributed by atoms with Crippen LogP contribution in [0.5, 0.6) is 0 Å². The molecule has 0 unspecified atom stereocenters. The maximum atomic E-state index is 6.18. The third kappa shape index (κ3) is 2.94. The smallest absolute Gasteiger partial charge is 0.0581 e. The van der Waals surface area contributed by atoms with Crippen LogP contribution in [0.3, 0.4) is 0 Å². The first-order valence-corrected chi connectivity index (χ1v) is 7.04. The van der Waals surface area contributed by atoms with Crippen LogP contribution in [0.25, 0.3) is 0 Å². The summed E-state index contributed by atoms with van der Waals surface area (Å²) >= 11 is 13.9. The van der Waals surface area contributed by atoms with Crippen LogP contribution in [0.4, 0.5) is 5.69 Å². The molecule has 0 atom stereocenters. The van der Waals surface area contributed by atoms with Gasteiger partial charge in [-0.25, -0.2) is 0 Å². The van der Waals surface area contributed by atoms with Crippen LogP contribution in [0.1, 0.15) is 11.1 Å². The molecule has 0 saturated heterocycles. The van der Waals surface area contributed by atoms with Crippen molar-refractivity contribution in [2.45, 2.75) is 23.6 Å². The summed E-state index contributed by atoms with van der Waals surface area (Å²) in [6.45, 7) is 4.15. The standard InChI is InChI=1S/C14H13Cl2NS/c1-8-3-4-13(9(2)5-8)18-14-11(15)6-10(17)7-12(14)16/h3-7H,17H2,1-2H3. The van der Waals surface area contributed by atoms with Gasteiger partial charge in [0.05, 0.1) is 10.0 Å². The molecule has 0 aliphatic heterocycles. The van der Waals surface area contributed by atoms with Crippen LogP contribution < -0.4 is 5.73 Å². The van der Waals surface area contributed by atoms with Crippen molar-refractivity contribution in [3.05, 3.63) is 51.5 Å². The van der Waals surface area contributed by atoms with E-state index in [0.717, 1.165) is 9.79 Å². The molecule has 0 saturated carbocycles. The van der Waals surface area contributed by atoms with E-state index in [9.17, 15) is 0 Å². The van der Waals surface area contributed by atoms with Crippen LogP contribution in [-0.2, 0) is 0 Å². The second kappa shape index (κ2) is 5.43. The van der Waals surface area contributed by atoms with Crippen LogP contribution in [0.15, 0.2) is 40.1 Å². The van der Waals surface area contributed by atoms with Gasteiger partial charge in [0.1, 0.15) is 0 Å². The molecule has 0 amide bonds. The average molecular weight is 298 g/mol. The van der Waals surface area contributed by atoms with Gasteiger partial charge in [-0.1, -0.05) is 52.7 Å². The van der Waals surface area contributed by atoms with Gasteiger partial charge in [0.15, 0.2) is 0 Å². The Balaban J connectivity index is 2.40. The lowest BCUT2D eigenvalue weighted by molar-refractivity contribution is 1.26. The van der Waals surface area contributed by atoms with E-state index in [4.69, 9.17) is 28.9 Å². The molecule has 0 heterocycles. The monoisotopic (exact) mass is 297 g/mol. The third-order valence-corrected chi connectivity index (χ3v) is 4.71. The molecule has 0 aliphatic carbocycles. The Hall–Kier alpha value is -0.830. The molecule has 0 spiro atoms. The minimum Gasteiger partial charge on any atom is -0.399 e. The molecular formula is C14H13Cl2NS. The predicted molar refractivity (Wildman–Crippen MR) is 80.9 cm³/mol. The van der Waals surface area contributed by atoms with Gasteiger partial charge < -0.3 is 5.73 Å². The number of nitrogens with two attached hydrogens (primary N) is 1. The van der Waals surface area contributed by atoms with Crippen LogP contribution in [0, 0.1) is 13.8 Å². The maximum absolute atomic E-state index is 6.18. The van der Waals surface area contributed by atoms with Gasteiger partial charge in [-0.2, -0.15) is 0 Å². The first-order chi connectivity index (χ1) is 8.47. The van der Waals surface area contributed by atoms with Crippen LogP contribution in [0.2, 0.25) is 10.0 Å². The molecule has 1 nitrogen and oxygen atoms in total. The van der Waals surface area contributed by atoms with Gasteiger partial charge >= 0.3 is 0 Å². The molecule has 0 aliphatic rings. The number of aryl methyl sites for hydroxylation is 2. The zero-order valence-electron chi connectivity index (χ0n) is 10.1. The van der Waals surface area contributed by atoms with E-state index in [1.54, 1.807) is 23.9 Å². The Bertz CT molecular complexity index is 573. The summed E-state index contributed by atoms with van der Waals surface area (Å²) in [5, 5.41) is 1.18. The Labute approximate surface area is 121 Å². The van der Waals surface area contributed by atoms with Crippen molar-refractivity contribution in [2.24, 2.45) is 0 Å². The number of benzene rings is 2. The molecule has 2 rings (SSSR count). The largest absolute Gasteiger partial charge is 0.399 e. The fraction of sp³-hybridized carbons (Fsp3) is 0.143. The van der Waals surface area contributed by atoms with Crippen molar-refractivity contribution in [1.29, 1.82) is 0 Å². The lowest BCUT2D eigenvalue weighted by Crippen LogP contribution is -1.88. The van der Waals surface area contributed by atoms with Crippen LogP contribution >= 0.6 is 35.0 Å². The summed E-state index contributed by atoms with van der Waals surface area (Å²) in [5.74, 6) is 0. The lowest BCUT2D eigenvalue weighted by atomic mass is 10.2. The van der Waals surface area contributed by atoms with Gasteiger partial charge in [-0.05, 0) is 37.6 Å². The highest BCUT2D eigenvalue weighted by molar-refractivity contribution is 7.99. The van der Waals surface area contributed by atoms with Crippen molar-refractivity contribution in [1.82, 2.24) is 0 Å². The average Bonchev–Trinajstić information content (AvgIpc) is 2.25. The Morgan fingerprint density at radius 1 is 1.00 bits per heavy atom. The molecule has 2 aromatic carbocycles. The number of nitrogen functional groups attached to an aromatic ring is 1. The zero-order chi connectivity index (χ0) is 13.3. The summed E-state index contributed by atoms with van der Waals surface area (Å²) in [4.78, 5) is 1.99. The van der Waals surface area contributed by atoms with Crippen molar-refractivity contribution in [3.63, 3.8) is 0 Å². The van der Waals surface area contributed by atoms with Gasteiger partial charge in [0.25, 0.3) is 0 Å². The third-order valence-electron chi connectivity index (χ3n) is 2.56. The Morgan fingerprint density at radius 3 is 2.17 bits per heavy atom. The number of anilines is 1. The summed E-state index contributed by atoms with van der Waals surface area (Å²) in [5.41, 5.74) is 8.73. The quantitative estimate of drug-likeness (QED) is 0.757. The highest BCUT2D eigenvalue weighted by Gasteiger charge is 2.10. The molecule has 2 N–H and O–H groups in total. The minimum absolute atomic E-state index is 0.579. The molecule has 4 heteroatoms. The SMILES string of the molecule is Cc1ccc(Sc2c(Cl)cc(N)cc2Cl)c(C)c1. The summed E-state index contributed by atoms with van der Waals surface area (Å²) < 4.78 is 0. The molecule has 0 aromatic heterocycles. The summed E-state index contributed by atoms with van der Waals surface area (Å²) in [6.07, 6.45) is 0. The fourth-order valence-corrected chi connectivity index (χ4v) is 3.32. The number of hydrogen-bond donors (Lipinski definition) is 1. The molecule has 0 fully saturated rings. The van der Waals surface area contributed by atoms with E-state index in [2.05, 4.69) is 32.0 Å². The second-order valence-corrected chi connectivity index (χ2v) is 6.05. The van der Waals surface area contributed by atoms with Crippen molar-refractivity contribution < 1.29 is 0 Å². The minimum atomic E-state index is 0.579. The topological polar surface area (TPSA) is 26.0 Å². The number of halogens is 2. The van der Waals surface area contributed by atoms with Gasteiger partial charge in [0, 0.05) is 15.5 Å². The molecular weight excluding hydrogens is 285 g/mol. The predicted octanol–water partition coefficient (Wildman–Crippen LogP) is 5.34. The molecule has 2 aromatic rings. The molecule has 18 heavy (non-hydrogen) atoms. The number of hydrogen-bond acceptors (Lipinski definition) is 2. The number of rotatable bonds is 2. The van der Waals surface area contributed by atoms with Crippen molar-refractivity contribution in [3.8, 4) is 0 Å². The van der Waals surface area contributed by atoms with E-state index in [0.29, 0.717) is 15.7 Å². The van der Waals surface area contributed by atoms with E-state index < -0.39 is 0 Å². The second-order valence-electron chi connectivity index (χ2n) is 4.18. The van der Waals surface area contributed by atoms with Crippen molar-refractivity contribution in [2.75, 3.05) is 5.73 Å². The van der Waals surface area contributed by atoms with Gasteiger partial charge in [-0.3, -0.25) is 0 Å². The van der Waals surface area contributed by atoms with Gasteiger partial charge in [0.2, 0.25) is 0 Å². The Morgan fingerprint density at radius 2 is 1.61 bits per heavy atom. The fourth-order valence-electron chi connectivity index (χ4n) is 1.70. The molecule has 94 valence electrons. The summed E-state index contributed by atoms with van der Waals surface area (Å²) in [7, 11) is 0. The first kappa shape index (κ1) is 13.6. The van der Waals surface area contributed by atoms with E-state index in [-0.39, 0.29) is 0 Å². The van der Waals surface area contributed by atoms with Crippen molar-refractivity contribution >= 4 is 40.7 Å².